The molecule has 0 aliphatic heterocycles. The molecule has 0 radical (unpaired) electrons. The third-order valence-electron chi connectivity index (χ3n) is 2.55. The Balaban J connectivity index is 2.29. The maximum Gasteiger partial charge on any atom is 0.134 e. The first-order valence-electron chi connectivity index (χ1n) is 6.20. The second-order valence-electron chi connectivity index (χ2n) is 4.28. The van der Waals surface area contributed by atoms with Crippen molar-refractivity contribution in [3.63, 3.8) is 0 Å². The molecule has 0 aliphatic carbocycles. The summed E-state index contributed by atoms with van der Waals surface area (Å²) in [6, 6.07) is 0. The number of ether oxygens (including phenoxy) is 1. The van der Waals surface area contributed by atoms with E-state index < -0.39 is 0 Å². The average Bonchev–Trinajstić information content (AvgIpc) is 2.33. The van der Waals surface area contributed by atoms with Gasteiger partial charge in [-0.25, -0.2) is 9.97 Å². The predicted octanol–water partition coefficient (Wildman–Crippen LogP) is 0.611. The Hall–Kier alpha value is -1.40. The summed E-state index contributed by atoms with van der Waals surface area (Å²) < 4.78 is 5.49. The Morgan fingerprint density at radius 1 is 1.33 bits per heavy atom. The third-order valence-corrected chi connectivity index (χ3v) is 2.55. The van der Waals surface area contributed by atoms with E-state index in [0.717, 1.165) is 37.5 Å². The molecule has 18 heavy (non-hydrogen) atoms. The van der Waals surface area contributed by atoms with Gasteiger partial charge in [-0.2, -0.15) is 0 Å². The smallest absolute Gasteiger partial charge is 0.134 e. The summed E-state index contributed by atoms with van der Waals surface area (Å²) in [5, 5.41) is 3.22. The van der Waals surface area contributed by atoms with Gasteiger partial charge in [0.1, 0.15) is 18.0 Å². The molecule has 102 valence electrons. The van der Waals surface area contributed by atoms with Gasteiger partial charge in [0, 0.05) is 18.7 Å². The van der Waals surface area contributed by atoms with E-state index >= 15 is 0 Å². The van der Waals surface area contributed by atoms with Gasteiger partial charge in [0.2, 0.25) is 0 Å². The SMILES string of the molecule is CCc1c(N)ncnc1NCCOCCN(C)C. The summed E-state index contributed by atoms with van der Waals surface area (Å²) in [4.78, 5) is 10.3. The molecule has 0 saturated heterocycles. The predicted molar refractivity (Wildman–Crippen MR) is 73.7 cm³/mol. The molecule has 0 spiro atoms. The summed E-state index contributed by atoms with van der Waals surface area (Å²) in [7, 11) is 4.05. The molecule has 0 aliphatic rings. The number of nitrogens with one attached hydrogen (secondary N) is 1. The molecule has 1 rings (SSSR count). The van der Waals surface area contributed by atoms with Crippen molar-refractivity contribution in [2.24, 2.45) is 0 Å². The van der Waals surface area contributed by atoms with Crippen molar-refractivity contribution < 1.29 is 4.74 Å². The van der Waals surface area contributed by atoms with Crippen molar-refractivity contribution in [1.82, 2.24) is 14.9 Å². The van der Waals surface area contributed by atoms with Crippen LogP contribution in [0.3, 0.4) is 0 Å². The molecule has 1 heterocycles. The zero-order valence-corrected chi connectivity index (χ0v) is 11.4. The number of nitrogens with zero attached hydrogens (tertiary/aromatic N) is 3. The molecule has 0 bridgehead atoms. The lowest BCUT2D eigenvalue weighted by molar-refractivity contribution is 0.126. The fraction of sp³-hybridized carbons (Fsp3) is 0.667. The van der Waals surface area contributed by atoms with Crippen LogP contribution >= 0.6 is 0 Å². The standard InChI is InChI=1S/C12H23N5O/c1-4-10-11(13)15-9-16-12(10)14-5-7-18-8-6-17(2)3/h9H,4-8H2,1-3H3,(H3,13,14,15,16). The molecule has 6 nitrogen and oxygen atoms in total. The van der Waals surface area contributed by atoms with Crippen LogP contribution in [-0.2, 0) is 11.2 Å². The fourth-order valence-corrected chi connectivity index (χ4v) is 1.52. The van der Waals surface area contributed by atoms with Gasteiger partial charge in [-0.3, -0.25) is 0 Å². The van der Waals surface area contributed by atoms with Crippen LogP contribution in [0.4, 0.5) is 11.6 Å². The molecule has 0 atom stereocenters. The quantitative estimate of drug-likeness (QED) is 0.661. The third kappa shape index (κ3) is 4.85. The minimum atomic E-state index is 0.545. The highest BCUT2D eigenvalue weighted by atomic mass is 16.5. The van der Waals surface area contributed by atoms with E-state index in [0.29, 0.717) is 12.4 Å². The maximum absolute atomic E-state index is 5.79. The van der Waals surface area contributed by atoms with Gasteiger partial charge in [-0.15, -0.1) is 0 Å². The zero-order chi connectivity index (χ0) is 13.4. The van der Waals surface area contributed by atoms with E-state index in [9.17, 15) is 0 Å². The first-order valence-corrected chi connectivity index (χ1v) is 6.20. The minimum absolute atomic E-state index is 0.545. The van der Waals surface area contributed by atoms with E-state index in [1.54, 1.807) is 0 Å². The van der Waals surface area contributed by atoms with E-state index in [4.69, 9.17) is 10.5 Å². The number of hydrogen-bond donors (Lipinski definition) is 2. The summed E-state index contributed by atoms with van der Waals surface area (Å²) >= 11 is 0. The van der Waals surface area contributed by atoms with Gasteiger partial charge in [0.15, 0.2) is 0 Å². The van der Waals surface area contributed by atoms with E-state index in [2.05, 4.69) is 20.2 Å². The van der Waals surface area contributed by atoms with Crippen molar-refractivity contribution in [3.8, 4) is 0 Å². The van der Waals surface area contributed by atoms with Crippen molar-refractivity contribution >= 4 is 11.6 Å². The Morgan fingerprint density at radius 3 is 2.78 bits per heavy atom. The van der Waals surface area contributed by atoms with Crippen LogP contribution in [0.1, 0.15) is 12.5 Å². The van der Waals surface area contributed by atoms with Crippen molar-refractivity contribution in [3.05, 3.63) is 11.9 Å². The monoisotopic (exact) mass is 253 g/mol. The maximum atomic E-state index is 5.79. The molecular formula is C12H23N5O. The second-order valence-corrected chi connectivity index (χ2v) is 4.28. The topological polar surface area (TPSA) is 76.3 Å². The Kier molecular flexibility index (Phi) is 6.38. The van der Waals surface area contributed by atoms with Crippen LogP contribution in [-0.4, -0.2) is 55.3 Å². The van der Waals surface area contributed by atoms with Gasteiger partial charge in [-0.05, 0) is 20.5 Å². The first-order chi connectivity index (χ1) is 8.65. The molecule has 1 aromatic heterocycles. The lowest BCUT2D eigenvalue weighted by Crippen LogP contribution is -2.20. The van der Waals surface area contributed by atoms with Gasteiger partial charge < -0.3 is 20.7 Å². The van der Waals surface area contributed by atoms with Crippen LogP contribution in [0.5, 0.6) is 0 Å². The summed E-state index contributed by atoms with van der Waals surface area (Å²) in [6.45, 7) is 5.08. The van der Waals surface area contributed by atoms with Crippen LogP contribution in [0.15, 0.2) is 6.33 Å². The van der Waals surface area contributed by atoms with Crippen molar-refractivity contribution in [2.75, 3.05) is 51.4 Å². The Morgan fingerprint density at radius 2 is 2.11 bits per heavy atom. The largest absolute Gasteiger partial charge is 0.383 e. The van der Waals surface area contributed by atoms with Crippen LogP contribution in [0.2, 0.25) is 0 Å². The number of aromatic nitrogens is 2. The number of likely N-dealkylation sites (N-methyl/N-ethyl adjacent to an activating group) is 1. The van der Waals surface area contributed by atoms with E-state index in [1.807, 2.05) is 21.0 Å². The second kappa shape index (κ2) is 7.84. The van der Waals surface area contributed by atoms with E-state index in [1.165, 1.54) is 6.33 Å². The molecule has 6 heteroatoms. The lowest BCUT2D eigenvalue weighted by Gasteiger charge is -2.12. The highest BCUT2D eigenvalue weighted by Gasteiger charge is 2.05. The van der Waals surface area contributed by atoms with Gasteiger partial charge >= 0.3 is 0 Å². The fourth-order valence-electron chi connectivity index (χ4n) is 1.52. The Labute approximate surface area is 109 Å². The molecule has 0 aromatic carbocycles. The number of rotatable bonds is 8. The minimum Gasteiger partial charge on any atom is -0.383 e. The van der Waals surface area contributed by atoms with Gasteiger partial charge in [0.05, 0.1) is 13.2 Å². The van der Waals surface area contributed by atoms with Crippen molar-refractivity contribution in [1.29, 1.82) is 0 Å². The first kappa shape index (κ1) is 14.7. The van der Waals surface area contributed by atoms with Crippen LogP contribution < -0.4 is 11.1 Å². The number of anilines is 2. The van der Waals surface area contributed by atoms with E-state index in [-0.39, 0.29) is 0 Å². The summed E-state index contributed by atoms with van der Waals surface area (Å²) in [5.74, 6) is 1.35. The van der Waals surface area contributed by atoms with Crippen LogP contribution in [0, 0.1) is 0 Å². The number of nitrogen functional groups attached to an aromatic ring is 1. The molecule has 1 aromatic rings. The molecule has 0 amide bonds. The molecule has 0 fully saturated rings. The van der Waals surface area contributed by atoms with Gasteiger partial charge in [0.25, 0.3) is 0 Å². The molecule has 0 unspecified atom stereocenters. The normalized spacial score (nSPS) is 10.9. The van der Waals surface area contributed by atoms with Gasteiger partial charge in [-0.1, -0.05) is 6.92 Å². The molecule has 0 saturated carbocycles. The zero-order valence-electron chi connectivity index (χ0n) is 11.4. The highest BCUT2D eigenvalue weighted by Crippen LogP contribution is 2.16. The lowest BCUT2D eigenvalue weighted by atomic mass is 10.2. The average molecular weight is 253 g/mol. The molecule has 3 N–H and O–H groups in total. The number of nitrogens with two attached hydrogens (primary N) is 1. The van der Waals surface area contributed by atoms with Crippen LogP contribution in [0.25, 0.3) is 0 Å². The Bertz CT molecular complexity index is 356. The summed E-state index contributed by atoms with van der Waals surface area (Å²) in [5.41, 5.74) is 6.75. The van der Waals surface area contributed by atoms with Crippen molar-refractivity contribution in [2.45, 2.75) is 13.3 Å². The summed E-state index contributed by atoms with van der Waals surface area (Å²) in [6.07, 6.45) is 2.29. The highest BCUT2D eigenvalue weighted by molar-refractivity contribution is 5.54. The number of hydrogen-bond acceptors (Lipinski definition) is 6. The molecular weight excluding hydrogens is 230 g/mol.